The van der Waals surface area contributed by atoms with Gasteiger partial charge in [0.1, 0.15) is 18.9 Å². The predicted molar refractivity (Wildman–Crippen MR) is 54.2 cm³/mol. The van der Waals surface area contributed by atoms with E-state index in [1.54, 1.807) is 6.92 Å². The van der Waals surface area contributed by atoms with E-state index < -0.39 is 31.3 Å². The molecule has 4 atom stereocenters. The lowest BCUT2D eigenvalue weighted by Crippen LogP contribution is -2.49. The summed E-state index contributed by atoms with van der Waals surface area (Å²) in [4.78, 5) is 0. The Kier molecular flexibility index (Phi) is 7.86. The molecule has 0 aromatic rings. The Morgan fingerprint density at radius 2 is 2.00 bits per heavy atom. The summed E-state index contributed by atoms with van der Waals surface area (Å²) < 4.78 is 22.4. The number of ether oxygens (including phenoxy) is 2. The first-order valence-corrected chi connectivity index (χ1v) is 5.38. The molecule has 0 radical (unpaired) electrons. The molecule has 1 saturated heterocycles. The third kappa shape index (κ3) is 4.42. The molecule has 1 rings (SSSR count). The highest BCUT2D eigenvalue weighted by molar-refractivity contribution is 4.82. The average Bonchev–Trinajstić information content (AvgIpc) is 2.26. The minimum atomic E-state index is -1.15. The summed E-state index contributed by atoms with van der Waals surface area (Å²) in [6, 6.07) is 0. The lowest BCUT2D eigenvalue weighted by Gasteiger charge is -2.35. The first kappa shape index (κ1) is 14.8. The van der Waals surface area contributed by atoms with Crippen LogP contribution in [-0.4, -0.2) is 48.1 Å². The summed E-state index contributed by atoms with van der Waals surface area (Å²) in [6.45, 7) is 5.40. The van der Waals surface area contributed by atoms with Gasteiger partial charge in [0.15, 0.2) is 6.29 Å². The lowest BCUT2D eigenvalue weighted by molar-refractivity contribution is -0.251. The van der Waals surface area contributed by atoms with E-state index in [2.05, 4.69) is 0 Å². The van der Waals surface area contributed by atoms with E-state index in [1.165, 1.54) is 0 Å². The molecular weight excluding hydrogens is 203 g/mol. The Bertz CT molecular complexity index is 156. The van der Waals surface area contributed by atoms with Crippen LogP contribution in [0.25, 0.3) is 0 Å². The minimum absolute atomic E-state index is 0.186. The third-order valence-corrected chi connectivity index (χ3v) is 2.04. The van der Waals surface area contributed by atoms with E-state index in [9.17, 15) is 14.6 Å². The number of rotatable bonds is 3. The van der Waals surface area contributed by atoms with Crippen LogP contribution in [0.1, 0.15) is 27.2 Å². The number of alkyl halides is 1. The summed E-state index contributed by atoms with van der Waals surface area (Å²) in [5.74, 6) is 0. The highest BCUT2D eigenvalue weighted by Gasteiger charge is 2.36. The van der Waals surface area contributed by atoms with Gasteiger partial charge >= 0.3 is 0 Å². The summed E-state index contributed by atoms with van der Waals surface area (Å²) in [5, 5.41) is 18.6. The van der Waals surface area contributed by atoms with Crippen molar-refractivity contribution in [2.45, 2.75) is 51.8 Å². The lowest BCUT2D eigenvalue weighted by atomic mass is 10.0. The molecule has 1 heterocycles. The first-order chi connectivity index (χ1) is 7.19. The summed E-state index contributed by atoms with van der Waals surface area (Å²) in [5.41, 5.74) is 0. The van der Waals surface area contributed by atoms with Crippen LogP contribution in [0.5, 0.6) is 0 Å². The van der Waals surface area contributed by atoms with Crippen LogP contribution in [-0.2, 0) is 9.47 Å². The topological polar surface area (TPSA) is 58.9 Å². The van der Waals surface area contributed by atoms with Crippen LogP contribution >= 0.6 is 0 Å². The van der Waals surface area contributed by atoms with Crippen molar-refractivity contribution in [1.82, 2.24) is 0 Å². The monoisotopic (exact) mass is 224 g/mol. The quantitative estimate of drug-likeness (QED) is 0.746. The second kappa shape index (κ2) is 7.98. The van der Waals surface area contributed by atoms with Crippen LogP contribution in [0.3, 0.4) is 0 Å². The zero-order valence-corrected chi connectivity index (χ0v) is 9.52. The fraction of sp³-hybridized carbons (Fsp3) is 1.00. The molecule has 4 nitrogen and oxygen atoms in total. The predicted octanol–water partition coefficient (Wildman–Crippen LogP) is 0.855. The summed E-state index contributed by atoms with van der Waals surface area (Å²) in [7, 11) is 0. The normalized spacial score (nSPS) is 35.6. The molecule has 3 unspecified atom stereocenters. The highest BCUT2D eigenvalue weighted by Crippen LogP contribution is 2.21. The van der Waals surface area contributed by atoms with E-state index in [1.807, 2.05) is 13.8 Å². The van der Waals surface area contributed by atoms with Gasteiger partial charge in [-0.15, -0.1) is 0 Å². The van der Waals surface area contributed by atoms with Crippen molar-refractivity contribution in [2.75, 3.05) is 13.3 Å². The highest BCUT2D eigenvalue weighted by atomic mass is 19.1. The number of hydrogen-bond donors (Lipinski definition) is 2. The molecule has 5 heteroatoms. The zero-order valence-electron chi connectivity index (χ0n) is 9.52. The van der Waals surface area contributed by atoms with E-state index in [-0.39, 0.29) is 6.42 Å². The molecule has 0 saturated carbocycles. The van der Waals surface area contributed by atoms with Gasteiger partial charge in [-0.05, 0) is 6.92 Å². The Morgan fingerprint density at radius 1 is 1.40 bits per heavy atom. The van der Waals surface area contributed by atoms with Crippen molar-refractivity contribution in [1.29, 1.82) is 0 Å². The Balaban J connectivity index is 0.000000921. The Labute approximate surface area is 90.0 Å². The van der Waals surface area contributed by atoms with Crippen LogP contribution in [0.15, 0.2) is 0 Å². The molecule has 0 amide bonds. The minimum Gasteiger partial charge on any atom is -0.390 e. The van der Waals surface area contributed by atoms with E-state index in [0.717, 1.165) is 0 Å². The number of hydrogen-bond acceptors (Lipinski definition) is 4. The van der Waals surface area contributed by atoms with E-state index in [0.29, 0.717) is 6.61 Å². The van der Waals surface area contributed by atoms with Crippen molar-refractivity contribution < 1.29 is 24.1 Å². The third-order valence-electron chi connectivity index (χ3n) is 2.04. The SMILES string of the molecule is CC.CCO[C@@H]1CC(O)C(O)C(CF)O1. The molecule has 92 valence electrons. The van der Waals surface area contributed by atoms with Gasteiger partial charge in [0, 0.05) is 13.0 Å². The maximum Gasteiger partial charge on any atom is 0.160 e. The molecular formula is C10H21FO4. The van der Waals surface area contributed by atoms with Gasteiger partial charge < -0.3 is 19.7 Å². The van der Waals surface area contributed by atoms with E-state index >= 15 is 0 Å². The molecule has 0 spiro atoms. The van der Waals surface area contributed by atoms with Crippen molar-refractivity contribution in [3.63, 3.8) is 0 Å². The second-order valence-electron chi connectivity index (χ2n) is 3.01. The molecule has 15 heavy (non-hydrogen) atoms. The molecule has 1 aliphatic heterocycles. The molecule has 1 aliphatic rings. The molecule has 2 N–H and O–H groups in total. The Hall–Kier alpha value is -0.230. The van der Waals surface area contributed by atoms with Crippen LogP contribution in [0.2, 0.25) is 0 Å². The van der Waals surface area contributed by atoms with Gasteiger partial charge in [0.05, 0.1) is 6.10 Å². The van der Waals surface area contributed by atoms with Gasteiger partial charge in [-0.2, -0.15) is 0 Å². The molecule has 1 fully saturated rings. The molecule has 0 aliphatic carbocycles. The number of halogens is 1. The van der Waals surface area contributed by atoms with Crippen molar-refractivity contribution in [3.8, 4) is 0 Å². The van der Waals surface area contributed by atoms with Gasteiger partial charge in [0.2, 0.25) is 0 Å². The molecule has 0 aromatic heterocycles. The maximum atomic E-state index is 12.3. The van der Waals surface area contributed by atoms with Crippen LogP contribution in [0.4, 0.5) is 4.39 Å². The fourth-order valence-corrected chi connectivity index (χ4v) is 1.34. The fourth-order valence-electron chi connectivity index (χ4n) is 1.34. The molecule has 0 aromatic carbocycles. The van der Waals surface area contributed by atoms with Crippen molar-refractivity contribution in [2.24, 2.45) is 0 Å². The second-order valence-corrected chi connectivity index (χ2v) is 3.01. The number of aliphatic hydroxyl groups is 2. The van der Waals surface area contributed by atoms with Gasteiger partial charge in [-0.25, -0.2) is 4.39 Å². The average molecular weight is 224 g/mol. The first-order valence-electron chi connectivity index (χ1n) is 5.38. The summed E-state index contributed by atoms with van der Waals surface area (Å²) in [6.07, 6.45) is -3.51. The van der Waals surface area contributed by atoms with Gasteiger partial charge in [-0.1, -0.05) is 13.8 Å². The standard InChI is InChI=1S/C8H15FO4.C2H6/c1-2-12-7-3-5(10)8(11)6(4-9)13-7;1-2/h5-8,10-11H,2-4H2,1H3;1-2H3/t5?,6?,7-,8?;/m0./s1. The van der Waals surface area contributed by atoms with Crippen molar-refractivity contribution in [3.05, 3.63) is 0 Å². The maximum absolute atomic E-state index is 12.3. The number of aliphatic hydroxyl groups excluding tert-OH is 2. The summed E-state index contributed by atoms with van der Waals surface area (Å²) >= 11 is 0. The smallest absolute Gasteiger partial charge is 0.160 e. The van der Waals surface area contributed by atoms with Crippen LogP contribution in [0, 0.1) is 0 Å². The van der Waals surface area contributed by atoms with E-state index in [4.69, 9.17) is 9.47 Å². The molecule has 0 bridgehead atoms. The van der Waals surface area contributed by atoms with Gasteiger partial charge in [-0.3, -0.25) is 0 Å². The van der Waals surface area contributed by atoms with Gasteiger partial charge in [0.25, 0.3) is 0 Å². The van der Waals surface area contributed by atoms with Crippen LogP contribution < -0.4 is 0 Å². The Morgan fingerprint density at radius 3 is 2.47 bits per heavy atom. The zero-order chi connectivity index (χ0) is 11.8. The van der Waals surface area contributed by atoms with Crippen molar-refractivity contribution >= 4 is 0 Å². The largest absolute Gasteiger partial charge is 0.390 e.